The molecular weight excluding hydrogens is 312 g/mol. The van der Waals surface area contributed by atoms with Crippen molar-refractivity contribution in [1.82, 2.24) is 4.98 Å². The predicted molar refractivity (Wildman–Crippen MR) is 73.3 cm³/mol. The first-order chi connectivity index (χ1) is 9.08. The number of amides is 1. The van der Waals surface area contributed by atoms with Crippen molar-refractivity contribution >= 4 is 33.5 Å². The predicted octanol–water partition coefficient (Wildman–Crippen LogP) is 2.79. The number of carboxylic acid groups (broad SMARTS) is 1. The van der Waals surface area contributed by atoms with E-state index in [1.807, 2.05) is 0 Å². The van der Waals surface area contributed by atoms with Crippen LogP contribution >= 0.6 is 15.9 Å². The maximum atomic E-state index is 11.9. The van der Waals surface area contributed by atoms with Gasteiger partial charge in [0.1, 0.15) is 5.69 Å². The Kier molecular flexibility index (Phi) is 3.91. The van der Waals surface area contributed by atoms with Crippen LogP contribution in [0.2, 0.25) is 0 Å². The molecule has 0 radical (unpaired) electrons. The van der Waals surface area contributed by atoms with Crippen molar-refractivity contribution < 1.29 is 14.7 Å². The Morgan fingerprint density at radius 1 is 1.21 bits per heavy atom. The lowest BCUT2D eigenvalue weighted by Crippen LogP contribution is -2.15. The highest BCUT2D eigenvalue weighted by molar-refractivity contribution is 9.10. The minimum Gasteiger partial charge on any atom is -0.478 e. The number of pyridine rings is 1. The molecular formula is C13H9BrN2O3. The zero-order chi connectivity index (χ0) is 13.8. The highest BCUT2D eigenvalue weighted by Crippen LogP contribution is 2.21. The number of anilines is 1. The Morgan fingerprint density at radius 2 is 2.00 bits per heavy atom. The van der Waals surface area contributed by atoms with E-state index in [0.717, 1.165) is 0 Å². The Bertz CT molecular complexity index is 629. The lowest BCUT2D eigenvalue weighted by atomic mass is 10.1. The topological polar surface area (TPSA) is 79.3 Å². The van der Waals surface area contributed by atoms with E-state index in [-0.39, 0.29) is 16.9 Å². The van der Waals surface area contributed by atoms with Crippen molar-refractivity contribution in [2.75, 3.05) is 5.32 Å². The van der Waals surface area contributed by atoms with Gasteiger partial charge in [0, 0.05) is 10.7 Å². The van der Waals surface area contributed by atoms with Gasteiger partial charge < -0.3 is 10.4 Å². The number of benzene rings is 1. The summed E-state index contributed by atoms with van der Waals surface area (Å²) in [7, 11) is 0. The van der Waals surface area contributed by atoms with Gasteiger partial charge in [-0.05, 0) is 30.3 Å². The molecule has 2 rings (SSSR count). The number of aromatic nitrogens is 1. The summed E-state index contributed by atoms with van der Waals surface area (Å²) < 4.78 is 0.626. The van der Waals surface area contributed by atoms with Crippen LogP contribution in [0.4, 0.5) is 5.69 Å². The summed E-state index contributed by atoms with van der Waals surface area (Å²) in [5.41, 5.74) is 0.465. The van der Waals surface area contributed by atoms with E-state index in [9.17, 15) is 9.59 Å². The number of nitrogens with one attached hydrogen (secondary N) is 1. The smallest absolute Gasteiger partial charge is 0.337 e. The van der Waals surface area contributed by atoms with Gasteiger partial charge in [-0.1, -0.05) is 22.0 Å². The number of rotatable bonds is 3. The second kappa shape index (κ2) is 5.62. The van der Waals surface area contributed by atoms with Gasteiger partial charge in [-0.2, -0.15) is 0 Å². The second-order valence-corrected chi connectivity index (χ2v) is 4.58. The maximum absolute atomic E-state index is 11.9. The first-order valence-electron chi connectivity index (χ1n) is 5.33. The van der Waals surface area contributed by atoms with Gasteiger partial charge in [0.15, 0.2) is 0 Å². The van der Waals surface area contributed by atoms with Crippen LogP contribution in [0.5, 0.6) is 0 Å². The SMILES string of the molecule is O=C(Nc1ccc(Br)cc1C(=O)O)c1ccccn1. The highest BCUT2D eigenvalue weighted by atomic mass is 79.9. The molecule has 0 aliphatic rings. The molecule has 2 N–H and O–H groups in total. The summed E-state index contributed by atoms with van der Waals surface area (Å²) in [6.45, 7) is 0. The van der Waals surface area contributed by atoms with E-state index in [0.29, 0.717) is 4.47 Å². The summed E-state index contributed by atoms with van der Waals surface area (Å²) in [5, 5.41) is 11.6. The largest absolute Gasteiger partial charge is 0.478 e. The Balaban J connectivity index is 2.29. The van der Waals surface area contributed by atoms with Crippen LogP contribution in [-0.2, 0) is 0 Å². The van der Waals surface area contributed by atoms with Crippen molar-refractivity contribution in [3.8, 4) is 0 Å². The van der Waals surface area contributed by atoms with Crippen molar-refractivity contribution in [1.29, 1.82) is 0 Å². The molecule has 1 amide bonds. The van der Waals surface area contributed by atoms with Crippen LogP contribution in [0, 0.1) is 0 Å². The fourth-order valence-electron chi connectivity index (χ4n) is 1.49. The average molecular weight is 321 g/mol. The van der Waals surface area contributed by atoms with Gasteiger partial charge in [0.2, 0.25) is 0 Å². The zero-order valence-corrected chi connectivity index (χ0v) is 11.2. The van der Waals surface area contributed by atoms with Gasteiger partial charge in [-0.15, -0.1) is 0 Å². The van der Waals surface area contributed by atoms with Crippen LogP contribution < -0.4 is 5.32 Å². The third-order valence-electron chi connectivity index (χ3n) is 2.36. The lowest BCUT2D eigenvalue weighted by molar-refractivity contribution is 0.0698. The first-order valence-corrected chi connectivity index (χ1v) is 6.12. The molecule has 0 saturated carbocycles. The number of carbonyl (C=O) groups excluding carboxylic acids is 1. The summed E-state index contributed by atoms with van der Waals surface area (Å²) >= 11 is 3.19. The van der Waals surface area contributed by atoms with Crippen LogP contribution in [0.25, 0.3) is 0 Å². The fourth-order valence-corrected chi connectivity index (χ4v) is 1.85. The van der Waals surface area contributed by atoms with Crippen molar-refractivity contribution in [2.24, 2.45) is 0 Å². The Labute approximate surface area is 117 Å². The molecule has 1 heterocycles. The quantitative estimate of drug-likeness (QED) is 0.911. The molecule has 1 aromatic carbocycles. The van der Waals surface area contributed by atoms with E-state index in [4.69, 9.17) is 5.11 Å². The third-order valence-corrected chi connectivity index (χ3v) is 2.85. The summed E-state index contributed by atoms with van der Waals surface area (Å²) in [4.78, 5) is 26.9. The van der Waals surface area contributed by atoms with Gasteiger partial charge >= 0.3 is 5.97 Å². The summed E-state index contributed by atoms with van der Waals surface area (Å²) in [5.74, 6) is -1.57. The van der Waals surface area contributed by atoms with E-state index < -0.39 is 11.9 Å². The maximum Gasteiger partial charge on any atom is 0.337 e. The normalized spacial score (nSPS) is 9.95. The standard InChI is InChI=1S/C13H9BrN2O3/c14-8-4-5-10(9(7-8)13(18)19)16-12(17)11-3-1-2-6-15-11/h1-7H,(H,16,17)(H,18,19). The van der Waals surface area contributed by atoms with Crippen molar-refractivity contribution in [3.63, 3.8) is 0 Å². The van der Waals surface area contributed by atoms with E-state index in [1.54, 1.807) is 24.3 Å². The van der Waals surface area contributed by atoms with Crippen LogP contribution in [0.15, 0.2) is 47.1 Å². The lowest BCUT2D eigenvalue weighted by Gasteiger charge is -2.08. The minimum atomic E-state index is -1.11. The Morgan fingerprint density at radius 3 is 2.63 bits per heavy atom. The molecule has 0 saturated heterocycles. The summed E-state index contributed by atoms with van der Waals surface area (Å²) in [6.07, 6.45) is 1.49. The highest BCUT2D eigenvalue weighted by Gasteiger charge is 2.14. The van der Waals surface area contributed by atoms with Gasteiger partial charge in [0.05, 0.1) is 11.3 Å². The van der Waals surface area contributed by atoms with E-state index >= 15 is 0 Å². The number of aromatic carboxylic acids is 1. The number of nitrogens with zero attached hydrogens (tertiary/aromatic N) is 1. The molecule has 19 heavy (non-hydrogen) atoms. The van der Waals surface area contributed by atoms with E-state index in [1.165, 1.54) is 18.3 Å². The van der Waals surface area contributed by atoms with Crippen molar-refractivity contribution in [3.05, 3.63) is 58.3 Å². The third kappa shape index (κ3) is 3.17. The van der Waals surface area contributed by atoms with Gasteiger partial charge in [-0.25, -0.2) is 4.79 Å². The average Bonchev–Trinajstić information content (AvgIpc) is 2.41. The number of carboxylic acids is 1. The monoisotopic (exact) mass is 320 g/mol. The number of hydrogen-bond acceptors (Lipinski definition) is 3. The van der Waals surface area contributed by atoms with Crippen molar-refractivity contribution in [2.45, 2.75) is 0 Å². The Hall–Kier alpha value is -2.21. The minimum absolute atomic E-state index is 0.0126. The molecule has 5 nitrogen and oxygen atoms in total. The number of carbonyl (C=O) groups is 2. The van der Waals surface area contributed by atoms with Crippen LogP contribution in [0.3, 0.4) is 0 Å². The number of halogens is 1. The molecule has 0 unspecified atom stereocenters. The van der Waals surface area contributed by atoms with Crippen LogP contribution in [-0.4, -0.2) is 22.0 Å². The first kappa shape index (κ1) is 13.2. The molecule has 1 aromatic heterocycles. The molecule has 6 heteroatoms. The molecule has 0 atom stereocenters. The van der Waals surface area contributed by atoms with E-state index in [2.05, 4.69) is 26.2 Å². The molecule has 0 fully saturated rings. The molecule has 0 spiro atoms. The summed E-state index contributed by atoms with van der Waals surface area (Å²) in [6, 6.07) is 9.53. The molecule has 0 aliphatic heterocycles. The fraction of sp³-hybridized carbons (Fsp3) is 0. The molecule has 0 bridgehead atoms. The zero-order valence-electron chi connectivity index (χ0n) is 9.63. The molecule has 96 valence electrons. The molecule has 0 aliphatic carbocycles. The van der Waals surface area contributed by atoms with Crippen LogP contribution in [0.1, 0.15) is 20.8 Å². The van der Waals surface area contributed by atoms with Gasteiger partial charge in [-0.3, -0.25) is 9.78 Å². The second-order valence-electron chi connectivity index (χ2n) is 3.66. The van der Waals surface area contributed by atoms with Gasteiger partial charge in [0.25, 0.3) is 5.91 Å². The molecule has 2 aromatic rings. The number of hydrogen-bond donors (Lipinski definition) is 2.